The first-order valence-electron chi connectivity index (χ1n) is 7.93. The van der Waals surface area contributed by atoms with Crippen LogP contribution in [-0.2, 0) is 6.54 Å². The molecular formula is C19H19FN4O. The number of rotatable bonds is 4. The van der Waals surface area contributed by atoms with Gasteiger partial charge in [0.25, 0.3) is 5.91 Å². The number of halogens is 1. The molecule has 0 aliphatic carbocycles. The number of hydrogen-bond acceptors (Lipinski definition) is 3. The summed E-state index contributed by atoms with van der Waals surface area (Å²) in [6.45, 7) is 4.19. The second kappa shape index (κ2) is 6.84. The lowest BCUT2D eigenvalue weighted by atomic mass is 10.2. The van der Waals surface area contributed by atoms with E-state index >= 15 is 0 Å². The van der Waals surface area contributed by atoms with Crippen molar-refractivity contribution < 1.29 is 9.18 Å². The van der Waals surface area contributed by atoms with Crippen molar-refractivity contribution >= 4 is 5.91 Å². The summed E-state index contributed by atoms with van der Waals surface area (Å²) in [5.74, 6) is 0.196. The van der Waals surface area contributed by atoms with Crippen LogP contribution in [0, 0.1) is 19.7 Å². The number of carbonyl (C=O) groups is 1. The summed E-state index contributed by atoms with van der Waals surface area (Å²) < 4.78 is 14.9. The predicted octanol–water partition coefficient (Wildman–Crippen LogP) is 3.30. The molecule has 0 fully saturated rings. The number of aryl methyl sites for hydroxylation is 2. The molecule has 6 heteroatoms. The molecule has 0 saturated carbocycles. The number of benzene rings is 1. The highest BCUT2D eigenvalue weighted by Gasteiger charge is 2.19. The second-order valence-electron chi connectivity index (χ2n) is 5.97. The van der Waals surface area contributed by atoms with Crippen molar-refractivity contribution in [2.45, 2.75) is 20.4 Å². The van der Waals surface area contributed by atoms with Gasteiger partial charge in [0.1, 0.15) is 17.3 Å². The molecule has 25 heavy (non-hydrogen) atoms. The fourth-order valence-electron chi connectivity index (χ4n) is 2.76. The van der Waals surface area contributed by atoms with Gasteiger partial charge in [-0.15, -0.1) is 0 Å². The summed E-state index contributed by atoms with van der Waals surface area (Å²) in [5.41, 5.74) is 3.06. The van der Waals surface area contributed by atoms with E-state index in [0.717, 1.165) is 11.3 Å². The molecule has 0 bridgehead atoms. The first kappa shape index (κ1) is 16.8. The van der Waals surface area contributed by atoms with Gasteiger partial charge in [-0.1, -0.05) is 0 Å². The second-order valence-corrected chi connectivity index (χ2v) is 5.97. The van der Waals surface area contributed by atoms with Gasteiger partial charge in [-0.3, -0.25) is 14.3 Å². The van der Waals surface area contributed by atoms with E-state index in [1.54, 1.807) is 41.0 Å². The number of imidazole rings is 1. The van der Waals surface area contributed by atoms with Crippen molar-refractivity contribution in [2.75, 3.05) is 7.05 Å². The lowest BCUT2D eigenvalue weighted by Gasteiger charge is -2.19. The van der Waals surface area contributed by atoms with Crippen LogP contribution in [0.15, 0.2) is 48.8 Å². The minimum Gasteiger partial charge on any atom is -0.336 e. The summed E-state index contributed by atoms with van der Waals surface area (Å²) in [5, 5.41) is 0. The van der Waals surface area contributed by atoms with Gasteiger partial charge in [0.15, 0.2) is 0 Å². The zero-order chi connectivity index (χ0) is 18.0. The van der Waals surface area contributed by atoms with Crippen LogP contribution in [0.1, 0.15) is 27.6 Å². The Hall–Kier alpha value is -3.02. The third-order valence-corrected chi connectivity index (χ3v) is 3.97. The van der Waals surface area contributed by atoms with E-state index in [2.05, 4.69) is 9.97 Å². The molecule has 128 valence electrons. The molecule has 0 unspecified atom stereocenters. The van der Waals surface area contributed by atoms with Gasteiger partial charge in [0, 0.05) is 31.2 Å². The first-order chi connectivity index (χ1) is 12.0. The Morgan fingerprint density at radius 1 is 1.16 bits per heavy atom. The molecule has 5 nitrogen and oxygen atoms in total. The summed E-state index contributed by atoms with van der Waals surface area (Å²) in [4.78, 5) is 22.9. The molecule has 0 aliphatic rings. The summed E-state index contributed by atoms with van der Waals surface area (Å²) in [6, 6.07) is 9.84. The molecule has 0 spiro atoms. The number of amides is 1. The van der Waals surface area contributed by atoms with Crippen molar-refractivity contribution in [3.8, 4) is 5.69 Å². The highest BCUT2D eigenvalue weighted by atomic mass is 19.1. The van der Waals surface area contributed by atoms with Gasteiger partial charge in [-0.05, 0) is 55.8 Å². The Balaban J connectivity index is 1.88. The maximum atomic E-state index is 13.2. The minimum atomic E-state index is -0.320. The number of hydrogen-bond donors (Lipinski definition) is 0. The Bertz CT molecular complexity index is 902. The molecule has 0 saturated heterocycles. The lowest BCUT2D eigenvalue weighted by Crippen LogP contribution is -2.28. The van der Waals surface area contributed by atoms with E-state index in [1.807, 2.05) is 26.0 Å². The molecular weight excluding hydrogens is 319 g/mol. The van der Waals surface area contributed by atoms with Crippen LogP contribution < -0.4 is 0 Å². The van der Waals surface area contributed by atoms with Crippen LogP contribution in [-0.4, -0.2) is 32.4 Å². The van der Waals surface area contributed by atoms with Crippen LogP contribution in [0.3, 0.4) is 0 Å². The third kappa shape index (κ3) is 3.57. The van der Waals surface area contributed by atoms with Crippen molar-refractivity contribution in [2.24, 2.45) is 0 Å². The van der Waals surface area contributed by atoms with Crippen LogP contribution in [0.5, 0.6) is 0 Å². The summed E-state index contributed by atoms with van der Waals surface area (Å²) >= 11 is 0. The average Bonchev–Trinajstić information content (AvgIpc) is 2.96. The largest absolute Gasteiger partial charge is 0.336 e. The van der Waals surface area contributed by atoms with Crippen LogP contribution in [0.25, 0.3) is 5.69 Å². The normalized spacial score (nSPS) is 10.7. The van der Waals surface area contributed by atoms with Crippen LogP contribution in [0.4, 0.5) is 4.39 Å². The number of carbonyl (C=O) groups excluding carboxylic acids is 1. The van der Waals surface area contributed by atoms with Gasteiger partial charge in [0.2, 0.25) is 0 Å². The fourth-order valence-corrected chi connectivity index (χ4v) is 2.76. The third-order valence-electron chi connectivity index (χ3n) is 3.97. The Morgan fingerprint density at radius 3 is 2.56 bits per heavy atom. The summed E-state index contributed by atoms with van der Waals surface area (Å²) in [7, 11) is 1.75. The van der Waals surface area contributed by atoms with Crippen molar-refractivity contribution in [3.63, 3.8) is 0 Å². The van der Waals surface area contributed by atoms with E-state index in [0.29, 0.717) is 23.8 Å². The van der Waals surface area contributed by atoms with E-state index < -0.39 is 0 Å². The quantitative estimate of drug-likeness (QED) is 0.733. The van der Waals surface area contributed by atoms with Gasteiger partial charge in [-0.2, -0.15) is 0 Å². The maximum Gasteiger partial charge on any atom is 0.272 e. The van der Waals surface area contributed by atoms with Crippen LogP contribution in [0.2, 0.25) is 0 Å². The van der Waals surface area contributed by atoms with Crippen LogP contribution >= 0.6 is 0 Å². The fraction of sp³-hybridized carbons (Fsp3) is 0.211. The van der Waals surface area contributed by atoms with Gasteiger partial charge >= 0.3 is 0 Å². The molecule has 0 aliphatic heterocycles. The molecule has 1 amide bonds. The van der Waals surface area contributed by atoms with Crippen molar-refractivity contribution in [3.05, 3.63) is 77.4 Å². The van der Waals surface area contributed by atoms with Gasteiger partial charge < -0.3 is 4.90 Å². The zero-order valence-corrected chi connectivity index (χ0v) is 14.4. The van der Waals surface area contributed by atoms with E-state index in [1.165, 1.54) is 12.1 Å². The molecule has 0 atom stereocenters. The molecule has 2 heterocycles. The standard InChI is InChI=1S/C19H19FN4O/c1-13-10-15(8-9-21-13)12-23(3)19(25)18-11-22-14(2)24(18)17-6-4-16(20)5-7-17/h4-11H,12H2,1-3H3. The highest BCUT2D eigenvalue weighted by Crippen LogP contribution is 2.17. The van der Waals surface area contributed by atoms with E-state index in [-0.39, 0.29) is 11.7 Å². The molecule has 2 aromatic heterocycles. The minimum absolute atomic E-state index is 0.153. The number of pyridine rings is 1. The number of nitrogens with zero attached hydrogens (tertiary/aromatic N) is 4. The lowest BCUT2D eigenvalue weighted by molar-refractivity contribution is 0.0777. The van der Waals surface area contributed by atoms with Crippen molar-refractivity contribution in [1.29, 1.82) is 0 Å². The Morgan fingerprint density at radius 2 is 1.88 bits per heavy atom. The predicted molar refractivity (Wildman–Crippen MR) is 93.0 cm³/mol. The highest BCUT2D eigenvalue weighted by molar-refractivity contribution is 5.93. The Kier molecular flexibility index (Phi) is 4.61. The maximum absolute atomic E-state index is 13.2. The van der Waals surface area contributed by atoms with Gasteiger partial charge in [-0.25, -0.2) is 9.37 Å². The average molecular weight is 338 g/mol. The molecule has 3 aromatic rings. The monoisotopic (exact) mass is 338 g/mol. The topological polar surface area (TPSA) is 51.0 Å². The molecule has 3 rings (SSSR count). The smallest absolute Gasteiger partial charge is 0.272 e. The molecule has 0 radical (unpaired) electrons. The zero-order valence-electron chi connectivity index (χ0n) is 14.4. The van der Waals surface area contributed by atoms with Crippen molar-refractivity contribution in [1.82, 2.24) is 19.4 Å². The first-order valence-corrected chi connectivity index (χ1v) is 7.93. The summed E-state index contributed by atoms with van der Waals surface area (Å²) in [6.07, 6.45) is 3.28. The molecule has 0 N–H and O–H groups in total. The van der Waals surface area contributed by atoms with Gasteiger partial charge in [0.05, 0.1) is 6.20 Å². The Labute approximate surface area is 145 Å². The molecule has 1 aromatic carbocycles. The number of aromatic nitrogens is 3. The van der Waals surface area contributed by atoms with E-state index in [9.17, 15) is 9.18 Å². The SMILES string of the molecule is Cc1cc(CN(C)C(=O)c2cnc(C)n2-c2ccc(F)cc2)ccn1. The van der Waals surface area contributed by atoms with E-state index in [4.69, 9.17) is 0 Å².